The highest BCUT2D eigenvalue weighted by atomic mass is 32.2. The second-order valence-corrected chi connectivity index (χ2v) is 7.24. The summed E-state index contributed by atoms with van der Waals surface area (Å²) in [6.45, 7) is 5.03. The van der Waals surface area contributed by atoms with Crippen molar-refractivity contribution >= 4 is 39.8 Å². The Morgan fingerprint density at radius 1 is 1.46 bits per heavy atom. The Labute approximate surface area is 149 Å². The summed E-state index contributed by atoms with van der Waals surface area (Å²) in [6, 6.07) is 10.1. The molecule has 0 saturated heterocycles. The summed E-state index contributed by atoms with van der Waals surface area (Å²) in [4.78, 5) is 13.8. The van der Waals surface area contributed by atoms with Crippen LogP contribution in [-0.2, 0) is 4.79 Å². The second kappa shape index (κ2) is 9.25. The van der Waals surface area contributed by atoms with Crippen LogP contribution in [0, 0.1) is 18.3 Å². The Kier molecular flexibility index (Phi) is 7.03. The predicted molar refractivity (Wildman–Crippen MR) is 97.6 cm³/mol. The first-order chi connectivity index (χ1) is 11.6. The van der Waals surface area contributed by atoms with E-state index in [4.69, 9.17) is 5.26 Å². The van der Waals surface area contributed by atoms with Gasteiger partial charge in [0.15, 0.2) is 4.34 Å². The van der Waals surface area contributed by atoms with Crippen molar-refractivity contribution in [1.29, 1.82) is 5.26 Å². The molecule has 0 spiro atoms. The first kappa shape index (κ1) is 18.2. The van der Waals surface area contributed by atoms with E-state index in [-0.39, 0.29) is 5.91 Å². The van der Waals surface area contributed by atoms with E-state index >= 15 is 0 Å². The fraction of sp³-hybridized carbons (Fsp3) is 0.375. The molecule has 6 nitrogen and oxygen atoms in total. The lowest BCUT2D eigenvalue weighted by Gasteiger charge is -2.18. The summed E-state index contributed by atoms with van der Waals surface area (Å²) in [5.41, 5.74) is 2.13. The Morgan fingerprint density at radius 2 is 2.29 bits per heavy atom. The van der Waals surface area contributed by atoms with Crippen LogP contribution in [-0.4, -0.2) is 39.8 Å². The van der Waals surface area contributed by atoms with Crippen molar-refractivity contribution in [3.63, 3.8) is 0 Å². The lowest BCUT2D eigenvalue weighted by atomic mass is 10.2. The molecule has 0 unspecified atom stereocenters. The average molecular weight is 361 g/mol. The van der Waals surface area contributed by atoms with E-state index in [9.17, 15) is 4.79 Å². The van der Waals surface area contributed by atoms with Gasteiger partial charge in [0.25, 0.3) is 0 Å². The van der Waals surface area contributed by atoms with Crippen LogP contribution < -0.4 is 5.32 Å². The number of hydrogen-bond acceptors (Lipinski definition) is 7. The van der Waals surface area contributed by atoms with E-state index in [0.717, 1.165) is 10.0 Å². The summed E-state index contributed by atoms with van der Waals surface area (Å²) in [6.07, 6.45) is 0.355. The molecule has 0 fully saturated rings. The first-order valence-corrected chi connectivity index (χ1v) is 9.37. The number of aryl methyl sites for hydroxylation is 1. The Bertz CT molecular complexity index is 725. The van der Waals surface area contributed by atoms with Crippen molar-refractivity contribution in [1.82, 2.24) is 15.1 Å². The molecule has 8 heteroatoms. The van der Waals surface area contributed by atoms with E-state index in [0.29, 0.717) is 30.4 Å². The molecule has 1 aromatic heterocycles. The number of nitrogens with zero attached hydrogens (tertiary/aromatic N) is 4. The number of hydrogen-bond donors (Lipinski definition) is 1. The quantitative estimate of drug-likeness (QED) is 0.725. The molecule has 0 bridgehead atoms. The Balaban J connectivity index is 1.87. The molecule has 2 rings (SSSR count). The zero-order valence-corrected chi connectivity index (χ0v) is 15.3. The lowest BCUT2D eigenvalue weighted by molar-refractivity contribution is -0.128. The fourth-order valence-electron chi connectivity index (χ4n) is 2.02. The molecular formula is C16H19N5OS2. The minimum atomic E-state index is 0.0149. The van der Waals surface area contributed by atoms with E-state index in [1.807, 2.05) is 38.1 Å². The van der Waals surface area contributed by atoms with Crippen LogP contribution in [0.5, 0.6) is 0 Å². The van der Waals surface area contributed by atoms with Crippen molar-refractivity contribution in [3.05, 3.63) is 29.8 Å². The van der Waals surface area contributed by atoms with Crippen LogP contribution in [0.2, 0.25) is 0 Å². The van der Waals surface area contributed by atoms with Gasteiger partial charge in [0.1, 0.15) is 0 Å². The van der Waals surface area contributed by atoms with Gasteiger partial charge in [-0.2, -0.15) is 5.26 Å². The number of nitriles is 1. The molecule has 0 aliphatic rings. The van der Waals surface area contributed by atoms with Crippen molar-refractivity contribution < 1.29 is 4.79 Å². The average Bonchev–Trinajstić information content (AvgIpc) is 3.01. The van der Waals surface area contributed by atoms with Crippen molar-refractivity contribution in [2.24, 2.45) is 0 Å². The van der Waals surface area contributed by atoms with Crippen LogP contribution in [0.25, 0.3) is 0 Å². The number of thioether (sulfide) groups is 1. The smallest absolute Gasteiger partial charge is 0.233 e. The van der Waals surface area contributed by atoms with Crippen molar-refractivity contribution in [2.45, 2.75) is 24.6 Å². The van der Waals surface area contributed by atoms with Gasteiger partial charge in [0, 0.05) is 18.8 Å². The third-order valence-electron chi connectivity index (χ3n) is 3.22. The number of benzene rings is 1. The molecule has 0 aliphatic carbocycles. The van der Waals surface area contributed by atoms with Gasteiger partial charge in [-0.25, -0.2) is 0 Å². The van der Waals surface area contributed by atoms with Gasteiger partial charge >= 0.3 is 0 Å². The topological polar surface area (TPSA) is 81.9 Å². The van der Waals surface area contributed by atoms with E-state index in [2.05, 4.69) is 21.6 Å². The van der Waals surface area contributed by atoms with Gasteiger partial charge in [0.05, 0.1) is 18.2 Å². The number of nitrogens with one attached hydrogen (secondary N) is 1. The summed E-state index contributed by atoms with van der Waals surface area (Å²) in [7, 11) is 0. The minimum absolute atomic E-state index is 0.0149. The second-order valence-electron chi connectivity index (χ2n) is 5.04. The van der Waals surface area contributed by atoms with Crippen molar-refractivity contribution in [2.75, 3.05) is 24.2 Å². The van der Waals surface area contributed by atoms with E-state index in [1.165, 1.54) is 28.7 Å². The van der Waals surface area contributed by atoms with Crippen LogP contribution >= 0.6 is 23.1 Å². The highest BCUT2D eigenvalue weighted by Gasteiger charge is 2.13. The highest BCUT2D eigenvalue weighted by Crippen LogP contribution is 2.28. The number of amides is 1. The van der Waals surface area contributed by atoms with Gasteiger partial charge in [-0.3, -0.25) is 4.79 Å². The summed E-state index contributed by atoms with van der Waals surface area (Å²) >= 11 is 2.79. The summed E-state index contributed by atoms with van der Waals surface area (Å²) in [5, 5.41) is 20.7. The van der Waals surface area contributed by atoms with Crippen LogP contribution in [0.4, 0.5) is 10.8 Å². The number of rotatable bonds is 8. The Hall–Kier alpha value is -2.11. The van der Waals surface area contributed by atoms with Crippen LogP contribution in [0.3, 0.4) is 0 Å². The molecule has 2 aromatic rings. The summed E-state index contributed by atoms with van der Waals surface area (Å²) in [5.74, 6) is 0.319. The molecule has 0 atom stereocenters. The zero-order chi connectivity index (χ0) is 17.4. The molecule has 0 saturated carbocycles. The molecular weight excluding hydrogens is 342 g/mol. The van der Waals surface area contributed by atoms with Gasteiger partial charge in [-0.05, 0) is 31.5 Å². The van der Waals surface area contributed by atoms with Crippen molar-refractivity contribution in [3.8, 4) is 6.07 Å². The summed E-state index contributed by atoms with van der Waals surface area (Å²) < 4.78 is 0.745. The van der Waals surface area contributed by atoms with E-state index in [1.54, 1.807) is 4.90 Å². The Morgan fingerprint density at radius 3 is 3.00 bits per heavy atom. The predicted octanol–water partition coefficient (Wildman–Crippen LogP) is 3.44. The monoisotopic (exact) mass is 361 g/mol. The molecule has 1 aromatic carbocycles. The molecule has 1 amide bonds. The van der Waals surface area contributed by atoms with E-state index < -0.39 is 0 Å². The third kappa shape index (κ3) is 5.51. The largest absolute Gasteiger partial charge is 0.341 e. The molecule has 1 heterocycles. The highest BCUT2D eigenvalue weighted by molar-refractivity contribution is 8.01. The maximum absolute atomic E-state index is 12.1. The number of anilines is 2. The van der Waals surface area contributed by atoms with Crippen LogP contribution in [0.15, 0.2) is 28.6 Å². The first-order valence-electron chi connectivity index (χ1n) is 7.57. The number of carbonyl (C=O) groups excluding carboxylic acids is 1. The molecule has 1 N–H and O–H groups in total. The standard InChI is InChI=1S/C16H19N5OS2/c1-3-21(9-5-8-17)14(22)11-23-16-20-19-15(24-16)18-13-7-4-6-12(2)10-13/h4,6-7,10H,3,5,9,11H2,1-2H3,(H,18,19). The number of carbonyl (C=O) groups is 1. The molecule has 0 aliphatic heterocycles. The third-order valence-corrected chi connectivity index (χ3v) is 5.18. The fourth-order valence-corrected chi connectivity index (χ4v) is 3.70. The zero-order valence-electron chi connectivity index (χ0n) is 13.7. The maximum atomic E-state index is 12.1. The maximum Gasteiger partial charge on any atom is 0.233 e. The van der Waals surface area contributed by atoms with Gasteiger partial charge in [0.2, 0.25) is 11.0 Å². The lowest BCUT2D eigenvalue weighted by Crippen LogP contribution is -2.32. The normalized spacial score (nSPS) is 10.2. The molecule has 0 radical (unpaired) electrons. The number of aromatic nitrogens is 2. The van der Waals surface area contributed by atoms with Gasteiger partial charge in [-0.1, -0.05) is 35.2 Å². The van der Waals surface area contributed by atoms with Gasteiger partial charge < -0.3 is 10.2 Å². The SMILES string of the molecule is CCN(CCC#N)C(=O)CSc1nnc(Nc2cccc(C)c2)s1. The minimum Gasteiger partial charge on any atom is -0.341 e. The van der Waals surface area contributed by atoms with Gasteiger partial charge in [-0.15, -0.1) is 10.2 Å². The molecule has 126 valence electrons. The van der Waals surface area contributed by atoms with Crippen LogP contribution in [0.1, 0.15) is 18.9 Å². The molecule has 24 heavy (non-hydrogen) atoms.